The Morgan fingerprint density at radius 1 is 1.26 bits per heavy atom. The molecule has 3 heterocycles. The van der Waals surface area contributed by atoms with E-state index in [1.807, 2.05) is 0 Å². The van der Waals surface area contributed by atoms with Gasteiger partial charge in [-0.1, -0.05) is 38.2 Å². The average molecular weight is 502 g/mol. The number of hydrogen-bond donors (Lipinski definition) is 2. The van der Waals surface area contributed by atoms with Gasteiger partial charge in [0.1, 0.15) is 22.3 Å². The molecule has 2 aliphatic rings. The molecule has 1 spiro atoms. The van der Waals surface area contributed by atoms with Gasteiger partial charge >= 0.3 is 0 Å². The van der Waals surface area contributed by atoms with Crippen molar-refractivity contribution >= 4 is 17.2 Å². The molecule has 1 saturated carbocycles. The quantitative estimate of drug-likeness (QED) is 0.565. The summed E-state index contributed by atoms with van der Waals surface area (Å²) < 4.78 is 29.0. The van der Waals surface area contributed by atoms with Crippen LogP contribution in [0.15, 0.2) is 29.2 Å². The van der Waals surface area contributed by atoms with Gasteiger partial charge in [-0.25, -0.2) is 8.78 Å². The van der Waals surface area contributed by atoms with Crippen molar-refractivity contribution in [1.29, 1.82) is 0 Å². The third-order valence-electron chi connectivity index (χ3n) is 7.66. The topological polar surface area (TPSA) is 100 Å². The summed E-state index contributed by atoms with van der Waals surface area (Å²) in [5.74, 6) is -2.50. The monoisotopic (exact) mass is 501 g/mol. The molecule has 11 heteroatoms. The SMILES string of the molecule is CC(c1nnc(-c2cn3c(c(O)c2=O)C(=O)N(C)C2(CC[C@@H](C)[C@H]2C)N3)s1)c1ccc(F)cc1F. The van der Waals surface area contributed by atoms with Crippen molar-refractivity contribution in [3.8, 4) is 16.3 Å². The molecule has 8 nitrogen and oxygen atoms in total. The van der Waals surface area contributed by atoms with Crippen LogP contribution in [0.4, 0.5) is 8.78 Å². The molecule has 184 valence electrons. The number of amides is 1. The smallest absolute Gasteiger partial charge is 0.278 e. The normalized spacial score (nSPS) is 24.5. The molecule has 1 aliphatic carbocycles. The van der Waals surface area contributed by atoms with E-state index in [9.17, 15) is 23.5 Å². The summed E-state index contributed by atoms with van der Waals surface area (Å²) in [6.45, 7) is 5.92. The highest BCUT2D eigenvalue weighted by molar-refractivity contribution is 7.14. The molecule has 1 aromatic carbocycles. The predicted molar refractivity (Wildman–Crippen MR) is 127 cm³/mol. The van der Waals surface area contributed by atoms with Gasteiger partial charge in [0, 0.05) is 31.1 Å². The lowest BCUT2D eigenvalue weighted by Crippen LogP contribution is -2.64. The lowest BCUT2D eigenvalue weighted by atomic mass is 9.90. The Kier molecular flexibility index (Phi) is 5.42. The summed E-state index contributed by atoms with van der Waals surface area (Å²) in [5.41, 5.74) is 2.17. The van der Waals surface area contributed by atoms with Crippen LogP contribution >= 0.6 is 11.3 Å². The van der Waals surface area contributed by atoms with Crippen molar-refractivity contribution in [2.75, 3.05) is 12.5 Å². The first-order chi connectivity index (χ1) is 16.5. The van der Waals surface area contributed by atoms with Crippen LogP contribution in [0.5, 0.6) is 5.75 Å². The molecular weight excluding hydrogens is 476 g/mol. The number of rotatable bonds is 3. The summed E-state index contributed by atoms with van der Waals surface area (Å²) in [6.07, 6.45) is 3.12. The zero-order valence-electron chi connectivity index (χ0n) is 19.7. The fourth-order valence-electron chi connectivity index (χ4n) is 5.20. The third-order valence-corrected chi connectivity index (χ3v) is 8.80. The van der Waals surface area contributed by atoms with Gasteiger partial charge in [-0.15, -0.1) is 10.2 Å². The summed E-state index contributed by atoms with van der Waals surface area (Å²) in [6, 6.07) is 3.33. The molecule has 1 fully saturated rings. The molecule has 35 heavy (non-hydrogen) atoms. The Morgan fingerprint density at radius 2 is 2.00 bits per heavy atom. The van der Waals surface area contributed by atoms with Crippen LogP contribution < -0.4 is 10.9 Å². The van der Waals surface area contributed by atoms with E-state index in [1.165, 1.54) is 23.0 Å². The van der Waals surface area contributed by atoms with Gasteiger partial charge in [0.05, 0.1) is 5.56 Å². The van der Waals surface area contributed by atoms with Crippen LogP contribution in [0.25, 0.3) is 10.6 Å². The van der Waals surface area contributed by atoms with E-state index < -0.39 is 40.3 Å². The lowest BCUT2D eigenvalue weighted by Gasteiger charge is -2.48. The number of aromatic nitrogens is 3. The van der Waals surface area contributed by atoms with Crippen LogP contribution in [0, 0.1) is 23.5 Å². The first-order valence-corrected chi connectivity index (χ1v) is 12.2. The molecule has 0 radical (unpaired) electrons. The highest BCUT2D eigenvalue weighted by atomic mass is 32.1. The number of pyridine rings is 1. The second-order valence-electron chi connectivity index (χ2n) is 9.48. The number of aromatic hydroxyl groups is 1. The van der Waals surface area contributed by atoms with Gasteiger partial charge in [0.15, 0.2) is 16.5 Å². The van der Waals surface area contributed by atoms with Crippen LogP contribution in [-0.4, -0.2) is 43.5 Å². The molecule has 2 unspecified atom stereocenters. The summed E-state index contributed by atoms with van der Waals surface area (Å²) in [4.78, 5) is 27.9. The summed E-state index contributed by atoms with van der Waals surface area (Å²) in [7, 11) is 1.68. The maximum Gasteiger partial charge on any atom is 0.278 e. The fraction of sp³-hybridized carbons (Fsp3) is 0.417. The number of fused-ring (bicyclic) bond motifs is 1. The molecule has 2 N–H and O–H groups in total. The molecule has 0 bridgehead atoms. The minimum atomic E-state index is -0.744. The number of carbonyl (C=O) groups is 1. The number of hydrogen-bond acceptors (Lipinski definition) is 7. The number of nitrogens with one attached hydrogen (secondary N) is 1. The Labute approximate surface area is 204 Å². The standard InChI is InChI=1S/C24H25F2N5O3S/c1-11-7-8-24(13(11)3)29-31-10-16(19(32)20(33)18(31)23(34)30(24)4)22-28-27-21(35-22)12(2)15-6-5-14(25)9-17(15)26/h5-6,9-13,29,33H,7-8H2,1-4H3/t11-,12?,13-,24?/m1/s1. The van der Waals surface area contributed by atoms with Gasteiger partial charge in [-0.2, -0.15) is 0 Å². The van der Waals surface area contributed by atoms with Crippen molar-refractivity contribution in [1.82, 2.24) is 19.8 Å². The van der Waals surface area contributed by atoms with Crippen molar-refractivity contribution in [3.05, 3.63) is 62.5 Å². The maximum atomic E-state index is 14.3. The maximum absolute atomic E-state index is 14.3. The minimum Gasteiger partial charge on any atom is -0.502 e. The van der Waals surface area contributed by atoms with E-state index in [4.69, 9.17) is 0 Å². The third kappa shape index (κ3) is 3.43. The van der Waals surface area contributed by atoms with E-state index in [1.54, 1.807) is 18.9 Å². The Bertz CT molecular complexity index is 1410. The molecular formula is C24H25F2N5O3S. The molecule has 5 rings (SSSR count). The molecule has 0 saturated heterocycles. The largest absolute Gasteiger partial charge is 0.502 e. The lowest BCUT2D eigenvalue weighted by molar-refractivity contribution is 0.0395. The van der Waals surface area contributed by atoms with E-state index in [-0.39, 0.29) is 27.7 Å². The van der Waals surface area contributed by atoms with Crippen LogP contribution in [0.1, 0.15) is 60.6 Å². The van der Waals surface area contributed by atoms with E-state index in [0.29, 0.717) is 10.9 Å². The fourth-order valence-corrected chi connectivity index (χ4v) is 6.12. The van der Waals surface area contributed by atoms with Crippen molar-refractivity contribution < 1.29 is 18.7 Å². The molecule has 3 aromatic rings. The Hall–Kier alpha value is -3.34. The second-order valence-corrected chi connectivity index (χ2v) is 10.5. The van der Waals surface area contributed by atoms with Crippen molar-refractivity contribution in [2.24, 2.45) is 11.8 Å². The van der Waals surface area contributed by atoms with Crippen LogP contribution in [0.3, 0.4) is 0 Å². The second kappa shape index (κ2) is 8.11. The van der Waals surface area contributed by atoms with Gasteiger partial charge in [0.25, 0.3) is 5.91 Å². The highest BCUT2D eigenvalue weighted by Gasteiger charge is 2.52. The predicted octanol–water partition coefficient (Wildman–Crippen LogP) is 3.89. The van der Waals surface area contributed by atoms with Crippen LogP contribution in [0.2, 0.25) is 0 Å². The van der Waals surface area contributed by atoms with E-state index in [2.05, 4.69) is 29.5 Å². The number of benzene rings is 1. The minimum absolute atomic E-state index is 0.0699. The summed E-state index contributed by atoms with van der Waals surface area (Å²) in [5, 5.41) is 19.6. The molecule has 1 amide bonds. The van der Waals surface area contributed by atoms with Crippen molar-refractivity contribution in [2.45, 2.75) is 45.2 Å². The zero-order chi connectivity index (χ0) is 25.2. The number of carbonyl (C=O) groups excluding carboxylic acids is 1. The van der Waals surface area contributed by atoms with Crippen molar-refractivity contribution in [3.63, 3.8) is 0 Å². The Balaban J connectivity index is 1.56. The summed E-state index contributed by atoms with van der Waals surface area (Å²) >= 11 is 1.07. The molecule has 4 atom stereocenters. The Morgan fingerprint density at radius 3 is 2.66 bits per heavy atom. The van der Waals surface area contributed by atoms with Gasteiger partial charge in [-0.3, -0.25) is 14.3 Å². The zero-order valence-corrected chi connectivity index (χ0v) is 20.5. The number of nitrogens with zero attached hydrogens (tertiary/aromatic N) is 4. The highest BCUT2D eigenvalue weighted by Crippen LogP contribution is 2.45. The first-order valence-electron chi connectivity index (χ1n) is 11.4. The molecule has 1 aliphatic heterocycles. The van der Waals surface area contributed by atoms with E-state index >= 15 is 0 Å². The number of halogens is 2. The van der Waals surface area contributed by atoms with Crippen LogP contribution in [-0.2, 0) is 0 Å². The average Bonchev–Trinajstić information content (AvgIpc) is 3.41. The molecule has 2 aromatic heterocycles. The van der Waals surface area contributed by atoms with E-state index in [0.717, 1.165) is 30.2 Å². The van der Waals surface area contributed by atoms with Gasteiger partial charge < -0.3 is 15.4 Å². The first kappa shape index (κ1) is 23.4. The van der Waals surface area contributed by atoms with Gasteiger partial charge in [0.2, 0.25) is 5.43 Å². The van der Waals surface area contributed by atoms with Gasteiger partial charge in [-0.05, 0) is 30.4 Å².